The van der Waals surface area contributed by atoms with Gasteiger partial charge in [0.25, 0.3) is 5.91 Å². The van der Waals surface area contributed by atoms with E-state index in [2.05, 4.69) is 5.32 Å². The highest BCUT2D eigenvalue weighted by atomic mass is 16.5. The average molecular weight is 520 g/mol. The molecule has 1 saturated heterocycles. The first-order valence-corrected chi connectivity index (χ1v) is 13.2. The smallest absolute Gasteiger partial charge is 0.311 e. The zero-order valence-corrected chi connectivity index (χ0v) is 21.3. The molecule has 2 N–H and O–H groups in total. The molecule has 2 aliphatic rings. The molecular formula is C30H33NO7. The van der Waals surface area contributed by atoms with Crippen LogP contribution >= 0.6 is 0 Å². The second-order valence-corrected chi connectivity index (χ2v) is 9.74. The van der Waals surface area contributed by atoms with E-state index in [9.17, 15) is 24.3 Å². The van der Waals surface area contributed by atoms with Gasteiger partial charge in [-0.3, -0.25) is 19.2 Å². The quantitative estimate of drug-likeness (QED) is 0.234. The number of benzene rings is 2. The standard InChI is InChI=1S/C30H33NO7/c32-22(18-24-26(33)19-25(29(24)35)27-11-6-7-17-37-27)10-4-5-12-28(34)38-23-15-13-21(14-16-23)31-30(36)20-8-2-1-3-9-20/h1-3,8-9,13-16,25,27,35H,4-7,10-12,17-19H2,(H,31,36). The molecule has 0 spiro atoms. The van der Waals surface area contributed by atoms with Crippen molar-refractivity contribution in [3.8, 4) is 5.75 Å². The van der Waals surface area contributed by atoms with E-state index in [0.29, 0.717) is 36.4 Å². The third-order valence-electron chi connectivity index (χ3n) is 6.91. The molecule has 2 aromatic carbocycles. The number of aliphatic hydroxyl groups is 1. The number of aliphatic hydroxyl groups excluding tert-OH is 1. The Labute approximate surface area is 222 Å². The fraction of sp³-hybridized carbons (Fsp3) is 0.400. The number of nitrogens with one attached hydrogen (secondary N) is 1. The van der Waals surface area contributed by atoms with Crippen LogP contribution in [0.2, 0.25) is 0 Å². The van der Waals surface area contributed by atoms with Gasteiger partial charge in [-0.05, 0) is 68.5 Å². The first-order valence-electron chi connectivity index (χ1n) is 13.2. The van der Waals surface area contributed by atoms with Gasteiger partial charge in [-0.2, -0.15) is 0 Å². The number of unbranched alkanes of at least 4 members (excludes halogenated alkanes) is 1. The molecule has 0 radical (unpaired) electrons. The van der Waals surface area contributed by atoms with Gasteiger partial charge in [-0.25, -0.2) is 0 Å². The molecule has 8 nitrogen and oxygen atoms in total. The summed E-state index contributed by atoms with van der Waals surface area (Å²) in [6.07, 6.45) is 4.09. The van der Waals surface area contributed by atoms with Gasteiger partial charge in [0, 0.05) is 49.1 Å². The Balaban J connectivity index is 1.15. The zero-order valence-electron chi connectivity index (χ0n) is 21.3. The first kappa shape index (κ1) is 27.3. The van der Waals surface area contributed by atoms with Gasteiger partial charge in [0.05, 0.1) is 12.0 Å². The number of esters is 1. The Kier molecular flexibility index (Phi) is 9.43. The SMILES string of the molecule is O=C(CCCCC(=O)Oc1ccc(NC(=O)c2ccccc2)cc1)CC1=C(O)C(C2CCCCO2)CC1=O. The van der Waals surface area contributed by atoms with Crippen LogP contribution in [-0.2, 0) is 19.1 Å². The Morgan fingerprint density at radius 1 is 0.974 bits per heavy atom. The van der Waals surface area contributed by atoms with Crippen LogP contribution in [-0.4, -0.2) is 41.3 Å². The number of hydrogen-bond acceptors (Lipinski definition) is 7. The van der Waals surface area contributed by atoms with Crippen molar-refractivity contribution in [1.29, 1.82) is 0 Å². The number of ether oxygens (including phenoxy) is 2. The number of carbonyl (C=O) groups excluding carboxylic acids is 4. The molecule has 0 saturated carbocycles. The molecule has 0 bridgehead atoms. The van der Waals surface area contributed by atoms with Crippen molar-refractivity contribution < 1.29 is 33.8 Å². The topological polar surface area (TPSA) is 119 Å². The van der Waals surface area contributed by atoms with Crippen LogP contribution in [0.1, 0.15) is 68.1 Å². The molecular weight excluding hydrogens is 486 g/mol. The Hall–Kier alpha value is -3.78. The molecule has 2 atom stereocenters. The number of amides is 1. The monoisotopic (exact) mass is 519 g/mol. The lowest BCUT2D eigenvalue weighted by molar-refractivity contribution is -0.134. The highest BCUT2D eigenvalue weighted by Gasteiger charge is 2.38. The maximum Gasteiger partial charge on any atom is 0.311 e. The number of ketones is 2. The summed E-state index contributed by atoms with van der Waals surface area (Å²) >= 11 is 0. The lowest BCUT2D eigenvalue weighted by Crippen LogP contribution is -2.28. The minimum absolute atomic E-state index is 0.0180. The summed E-state index contributed by atoms with van der Waals surface area (Å²) in [5.41, 5.74) is 1.34. The fourth-order valence-corrected chi connectivity index (χ4v) is 4.82. The summed E-state index contributed by atoms with van der Waals surface area (Å²) in [5.74, 6) is -0.913. The first-order chi connectivity index (χ1) is 18.4. The summed E-state index contributed by atoms with van der Waals surface area (Å²) in [6.45, 7) is 0.637. The van der Waals surface area contributed by atoms with Crippen LogP contribution in [0.15, 0.2) is 65.9 Å². The van der Waals surface area contributed by atoms with E-state index in [1.165, 1.54) is 0 Å². The highest BCUT2D eigenvalue weighted by Crippen LogP contribution is 2.36. The van der Waals surface area contributed by atoms with Gasteiger partial charge in [0.1, 0.15) is 17.3 Å². The number of allylic oxidation sites excluding steroid dienone is 1. The minimum atomic E-state index is -0.417. The molecule has 1 heterocycles. The van der Waals surface area contributed by atoms with E-state index in [-0.39, 0.29) is 66.5 Å². The van der Waals surface area contributed by atoms with E-state index in [4.69, 9.17) is 9.47 Å². The number of rotatable bonds is 11. The van der Waals surface area contributed by atoms with Crippen LogP contribution in [0, 0.1) is 5.92 Å². The Bertz CT molecular complexity index is 1180. The van der Waals surface area contributed by atoms with Crippen LogP contribution < -0.4 is 10.1 Å². The van der Waals surface area contributed by atoms with Crippen molar-refractivity contribution >= 4 is 29.1 Å². The maximum atomic E-state index is 12.4. The second-order valence-electron chi connectivity index (χ2n) is 9.74. The predicted octanol–water partition coefficient (Wildman–Crippen LogP) is 5.33. The molecule has 1 fully saturated rings. The molecule has 1 aliphatic carbocycles. The minimum Gasteiger partial charge on any atom is -0.511 e. The van der Waals surface area contributed by atoms with Crippen molar-refractivity contribution in [3.63, 3.8) is 0 Å². The number of hydrogen-bond donors (Lipinski definition) is 2. The third-order valence-corrected chi connectivity index (χ3v) is 6.91. The van der Waals surface area contributed by atoms with Crippen molar-refractivity contribution in [2.45, 2.75) is 63.9 Å². The van der Waals surface area contributed by atoms with Gasteiger partial charge >= 0.3 is 5.97 Å². The zero-order chi connectivity index (χ0) is 26.9. The molecule has 1 aliphatic heterocycles. The molecule has 2 aromatic rings. The summed E-state index contributed by atoms with van der Waals surface area (Å²) in [4.78, 5) is 49.2. The molecule has 0 aromatic heterocycles. The third kappa shape index (κ3) is 7.38. The van der Waals surface area contributed by atoms with E-state index in [1.807, 2.05) is 6.07 Å². The maximum absolute atomic E-state index is 12.4. The molecule has 38 heavy (non-hydrogen) atoms. The average Bonchev–Trinajstić information content (AvgIpc) is 3.21. The molecule has 2 unspecified atom stereocenters. The molecule has 4 rings (SSSR count). The van der Waals surface area contributed by atoms with E-state index in [0.717, 1.165) is 19.3 Å². The lowest BCUT2D eigenvalue weighted by atomic mass is 9.94. The highest BCUT2D eigenvalue weighted by molar-refractivity contribution is 6.04. The number of anilines is 1. The van der Waals surface area contributed by atoms with Crippen LogP contribution in [0.4, 0.5) is 5.69 Å². The van der Waals surface area contributed by atoms with Crippen molar-refractivity contribution in [3.05, 3.63) is 71.5 Å². The summed E-state index contributed by atoms with van der Waals surface area (Å²) in [7, 11) is 0. The molecule has 1 amide bonds. The van der Waals surface area contributed by atoms with E-state index < -0.39 is 5.97 Å². The van der Waals surface area contributed by atoms with Crippen LogP contribution in [0.3, 0.4) is 0 Å². The van der Waals surface area contributed by atoms with Crippen LogP contribution in [0.25, 0.3) is 0 Å². The number of Topliss-reactive ketones (excluding diaryl/α,β-unsaturated/α-hetero) is 2. The summed E-state index contributed by atoms with van der Waals surface area (Å²) in [5, 5.41) is 13.3. The van der Waals surface area contributed by atoms with Crippen molar-refractivity contribution in [2.75, 3.05) is 11.9 Å². The van der Waals surface area contributed by atoms with Gasteiger partial charge in [-0.15, -0.1) is 0 Å². The molecule has 8 heteroatoms. The van der Waals surface area contributed by atoms with Gasteiger partial charge < -0.3 is 19.9 Å². The fourth-order valence-electron chi connectivity index (χ4n) is 4.82. The Morgan fingerprint density at radius 2 is 1.71 bits per heavy atom. The van der Waals surface area contributed by atoms with E-state index >= 15 is 0 Å². The predicted molar refractivity (Wildman–Crippen MR) is 141 cm³/mol. The van der Waals surface area contributed by atoms with Crippen molar-refractivity contribution in [1.82, 2.24) is 0 Å². The molecule has 200 valence electrons. The van der Waals surface area contributed by atoms with Gasteiger partial charge in [-0.1, -0.05) is 18.2 Å². The lowest BCUT2D eigenvalue weighted by Gasteiger charge is -2.27. The van der Waals surface area contributed by atoms with Gasteiger partial charge in [0.15, 0.2) is 5.78 Å². The summed E-state index contributed by atoms with van der Waals surface area (Å²) in [6, 6.07) is 15.4. The summed E-state index contributed by atoms with van der Waals surface area (Å²) < 4.78 is 11.1. The Morgan fingerprint density at radius 3 is 2.42 bits per heavy atom. The van der Waals surface area contributed by atoms with Crippen LogP contribution in [0.5, 0.6) is 5.75 Å². The largest absolute Gasteiger partial charge is 0.511 e. The second kappa shape index (κ2) is 13.1. The van der Waals surface area contributed by atoms with Gasteiger partial charge in [0.2, 0.25) is 0 Å². The number of carbonyl (C=O) groups is 4. The van der Waals surface area contributed by atoms with E-state index in [1.54, 1.807) is 48.5 Å². The van der Waals surface area contributed by atoms with Crippen molar-refractivity contribution in [2.24, 2.45) is 5.92 Å². The normalized spacial score (nSPS) is 19.3.